The van der Waals surface area contributed by atoms with Gasteiger partial charge in [-0.3, -0.25) is 38.6 Å². The lowest BCUT2D eigenvalue weighted by Crippen LogP contribution is -2.46. The van der Waals surface area contributed by atoms with E-state index in [1.54, 1.807) is 9.80 Å². The molecule has 14 nitrogen and oxygen atoms in total. The van der Waals surface area contributed by atoms with Crippen LogP contribution in [0.3, 0.4) is 0 Å². The van der Waals surface area contributed by atoms with Gasteiger partial charge in [-0.25, -0.2) is 0 Å². The molecule has 0 fully saturated rings. The first kappa shape index (κ1) is 71.4. The third-order valence-electron chi connectivity index (χ3n) is 13.2. The fourth-order valence-corrected chi connectivity index (χ4v) is 11.0. The summed E-state index contributed by atoms with van der Waals surface area (Å²) in [7, 11) is 2.37. The second-order valence-electron chi connectivity index (χ2n) is 22.0. The van der Waals surface area contributed by atoms with Crippen LogP contribution in [0.5, 0.6) is 0 Å². The molecule has 0 amide bonds. The third-order valence-corrected chi connectivity index (χ3v) is 15.5. The van der Waals surface area contributed by atoms with Crippen molar-refractivity contribution in [2.45, 2.75) is 247 Å². The highest BCUT2D eigenvalue weighted by Gasteiger charge is 2.30. The summed E-state index contributed by atoms with van der Waals surface area (Å²) in [4.78, 5) is 80.4. The standard InChI is InChI=1S/C58H108N2O12S2/c1-47(2)29-21-13-9-17-25-41-69-53(61)33-37-59(38-34-54(62)70-42-26-18-10-14-22-30-48(3)4)51(57(65)66)45-73-74-46-52(58(67)68)60(39-35-55(63)71-43-27-19-11-15-23-31-49(5)6)40-36-56(64)72-44-28-20-12-16-24-32-50(7)8/h47-52H,9-46H2,1-8H3,(H,65,66)(H,67,68)/t51-,52-/m0/s1. The summed E-state index contributed by atoms with van der Waals surface area (Å²) >= 11 is 0. The Morgan fingerprint density at radius 1 is 0.338 bits per heavy atom. The Hall–Kier alpha value is -2.56. The molecular formula is C58H108N2O12S2. The van der Waals surface area contributed by atoms with Gasteiger partial charge in [0.05, 0.1) is 52.1 Å². The molecule has 0 aliphatic rings. The molecule has 2 N–H and O–H groups in total. The van der Waals surface area contributed by atoms with Crippen molar-refractivity contribution >= 4 is 57.4 Å². The molecule has 0 saturated carbocycles. The van der Waals surface area contributed by atoms with Crippen molar-refractivity contribution in [3.05, 3.63) is 0 Å². The number of carbonyl (C=O) groups is 6. The molecule has 0 aromatic rings. The Morgan fingerprint density at radius 3 is 0.743 bits per heavy atom. The van der Waals surface area contributed by atoms with Crippen molar-refractivity contribution in [1.29, 1.82) is 0 Å². The summed E-state index contributed by atoms with van der Waals surface area (Å²) in [5.74, 6) is -1.23. The van der Waals surface area contributed by atoms with Gasteiger partial charge in [0.25, 0.3) is 0 Å². The lowest BCUT2D eigenvalue weighted by Gasteiger charge is -2.29. The number of unbranched alkanes of at least 4 members (excludes halogenated alkanes) is 16. The van der Waals surface area contributed by atoms with Crippen molar-refractivity contribution < 1.29 is 57.9 Å². The number of carbonyl (C=O) groups excluding carboxylic acids is 4. The second-order valence-corrected chi connectivity index (χ2v) is 24.6. The summed E-state index contributed by atoms with van der Waals surface area (Å²) < 4.78 is 22.1. The maximum Gasteiger partial charge on any atom is 0.321 e. The van der Waals surface area contributed by atoms with E-state index in [1.165, 1.54) is 73.0 Å². The zero-order valence-electron chi connectivity index (χ0n) is 48.0. The number of carboxylic acid groups (broad SMARTS) is 2. The molecule has 0 aliphatic heterocycles. The molecule has 0 unspecified atom stereocenters. The first-order valence-electron chi connectivity index (χ1n) is 29.2. The molecule has 0 heterocycles. The van der Waals surface area contributed by atoms with Gasteiger partial charge in [0.15, 0.2) is 0 Å². The molecule has 16 heteroatoms. The lowest BCUT2D eigenvalue weighted by atomic mass is 10.0. The summed E-state index contributed by atoms with van der Waals surface area (Å²) in [5, 5.41) is 21.0. The van der Waals surface area contributed by atoms with Gasteiger partial charge >= 0.3 is 35.8 Å². The van der Waals surface area contributed by atoms with E-state index in [1.807, 2.05) is 0 Å². The van der Waals surface area contributed by atoms with Crippen LogP contribution < -0.4 is 0 Å². The van der Waals surface area contributed by atoms with E-state index in [-0.39, 0.29) is 63.4 Å². The van der Waals surface area contributed by atoms with Crippen LogP contribution >= 0.6 is 21.6 Å². The van der Waals surface area contributed by atoms with Gasteiger partial charge < -0.3 is 29.2 Å². The van der Waals surface area contributed by atoms with Gasteiger partial charge in [0.1, 0.15) is 12.1 Å². The fraction of sp³-hybridized carbons (Fsp3) is 0.897. The maximum atomic E-state index is 12.9. The zero-order chi connectivity index (χ0) is 55.2. The highest BCUT2D eigenvalue weighted by atomic mass is 33.1. The van der Waals surface area contributed by atoms with E-state index in [9.17, 15) is 39.0 Å². The Bertz CT molecular complexity index is 1250. The van der Waals surface area contributed by atoms with Gasteiger partial charge in [0.2, 0.25) is 0 Å². The van der Waals surface area contributed by atoms with E-state index in [0.29, 0.717) is 50.1 Å². The topological polar surface area (TPSA) is 186 Å². The Morgan fingerprint density at radius 2 is 0.541 bits per heavy atom. The number of carboxylic acids is 2. The van der Waals surface area contributed by atoms with E-state index in [0.717, 1.165) is 103 Å². The van der Waals surface area contributed by atoms with Crippen molar-refractivity contribution in [2.24, 2.45) is 23.7 Å². The zero-order valence-corrected chi connectivity index (χ0v) is 49.7. The molecule has 434 valence electrons. The Labute approximate surface area is 458 Å². The maximum absolute atomic E-state index is 12.9. The van der Waals surface area contributed by atoms with Crippen LogP contribution in [0, 0.1) is 23.7 Å². The molecule has 0 rings (SSSR count). The molecule has 0 aromatic carbocycles. The van der Waals surface area contributed by atoms with E-state index in [2.05, 4.69) is 55.4 Å². The van der Waals surface area contributed by atoms with Crippen LogP contribution in [0.4, 0.5) is 0 Å². The first-order chi connectivity index (χ1) is 35.4. The minimum absolute atomic E-state index is 0.0259. The van der Waals surface area contributed by atoms with Crippen LogP contribution in [0.2, 0.25) is 0 Å². The largest absolute Gasteiger partial charge is 0.480 e. The van der Waals surface area contributed by atoms with Crippen molar-refractivity contribution in [2.75, 3.05) is 64.1 Å². The summed E-state index contributed by atoms with van der Waals surface area (Å²) in [6, 6.07) is -2.21. The number of aliphatic carboxylic acids is 2. The van der Waals surface area contributed by atoms with Crippen LogP contribution in [0.15, 0.2) is 0 Å². The summed E-state index contributed by atoms with van der Waals surface area (Å²) in [5.41, 5.74) is 0. The quantitative estimate of drug-likeness (QED) is 0.0253. The van der Waals surface area contributed by atoms with Crippen LogP contribution in [0.25, 0.3) is 0 Å². The van der Waals surface area contributed by atoms with Crippen molar-refractivity contribution in [3.8, 4) is 0 Å². The van der Waals surface area contributed by atoms with E-state index < -0.39 is 47.9 Å². The van der Waals surface area contributed by atoms with Crippen LogP contribution in [-0.4, -0.2) is 132 Å². The molecule has 0 spiro atoms. The normalized spacial score (nSPS) is 12.6. The Balaban J connectivity index is 5.68. The highest BCUT2D eigenvalue weighted by molar-refractivity contribution is 8.76. The first-order valence-corrected chi connectivity index (χ1v) is 31.7. The number of hydrogen-bond donors (Lipinski definition) is 2. The number of nitrogens with zero attached hydrogens (tertiary/aromatic N) is 2. The molecule has 0 aliphatic carbocycles. The summed E-state index contributed by atoms with van der Waals surface area (Å²) in [6.07, 6.45) is 25.1. The van der Waals surface area contributed by atoms with Crippen LogP contribution in [0.1, 0.15) is 235 Å². The van der Waals surface area contributed by atoms with Gasteiger partial charge in [-0.15, -0.1) is 0 Å². The lowest BCUT2D eigenvalue weighted by molar-refractivity contribution is -0.148. The minimum Gasteiger partial charge on any atom is -0.480 e. The average molecular weight is 1090 g/mol. The predicted molar refractivity (Wildman–Crippen MR) is 303 cm³/mol. The number of ether oxygens (including phenoxy) is 4. The molecule has 0 bridgehead atoms. The Kier molecular flexibility index (Phi) is 47.1. The third kappa shape index (κ3) is 45.6. The highest BCUT2D eigenvalue weighted by Crippen LogP contribution is 2.27. The van der Waals surface area contributed by atoms with Gasteiger partial charge in [-0.1, -0.05) is 205 Å². The van der Waals surface area contributed by atoms with E-state index in [4.69, 9.17) is 18.9 Å². The van der Waals surface area contributed by atoms with E-state index >= 15 is 0 Å². The van der Waals surface area contributed by atoms with Gasteiger partial charge in [0, 0.05) is 37.7 Å². The van der Waals surface area contributed by atoms with Crippen LogP contribution in [-0.2, 0) is 47.7 Å². The molecule has 0 radical (unpaired) electrons. The number of hydrogen-bond acceptors (Lipinski definition) is 14. The monoisotopic (exact) mass is 1090 g/mol. The second kappa shape index (κ2) is 48.8. The smallest absolute Gasteiger partial charge is 0.321 e. The number of rotatable bonds is 53. The number of esters is 4. The SMILES string of the molecule is CC(C)CCCCCCCOC(=O)CCN(CCC(=O)OCCCCCCCC(C)C)[C@@H](CSSC[C@@H](C(=O)O)N(CCC(=O)OCCCCCCCC(C)C)CCC(=O)OCCCCCCCC(C)C)C(=O)O. The van der Waals surface area contributed by atoms with Gasteiger partial charge in [-0.05, 0) is 49.4 Å². The average Bonchev–Trinajstić information content (AvgIpc) is 3.33. The van der Waals surface area contributed by atoms with Crippen molar-refractivity contribution in [1.82, 2.24) is 9.80 Å². The molecular weight excluding hydrogens is 981 g/mol. The molecule has 74 heavy (non-hydrogen) atoms. The van der Waals surface area contributed by atoms with Crippen molar-refractivity contribution in [3.63, 3.8) is 0 Å². The molecule has 0 saturated heterocycles. The minimum atomic E-state index is -1.14. The molecule has 0 aromatic heterocycles. The predicted octanol–water partition coefficient (Wildman–Crippen LogP) is 13.6. The van der Waals surface area contributed by atoms with Gasteiger partial charge in [-0.2, -0.15) is 0 Å². The summed E-state index contributed by atoms with van der Waals surface area (Å²) in [6.45, 7) is 19.1. The fourth-order valence-electron chi connectivity index (χ4n) is 8.45. The molecule has 2 atom stereocenters.